The monoisotopic (exact) mass is 339 g/mol. The van der Waals surface area contributed by atoms with Crippen molar-refractivity contribution < 1.29 is 9.53 Å². The number of fused-ring (bicyclic) bond motifs is 1. The van der Waals surface area contributed by atoms with E-state index >= 15 is 0 Å². The smallest absolute Gasteiger partial charge is 0.267 e. The van der Waals surface area contributed by atoms with E-state index in [1.807, 2.05) is 12.1 Å². The summed E-state index contributed by atoms with van der Waals surface area (Å²) in [4.78, 5) is 22.5. The Kier molecular flexibility index (Phi) is 4.23. The molecule has 0 aliphatic carbocycles. The van der Waals surface area contributed by atoms with E-state index in [1.165, 1.54) is 11.9 Å². The average molecular weight is 339 g/mol. The molecule has 1 amide bonds. The van der Waals surface area contributed by atoms with Crippen LogP contribution in [0.2, 0.25) is 0 Å². The molecule has 0 saturated carbocycles. The zero-order chi connectivity index (χ0) is 17.2. The maximum absolute atomic E-state index is 12.9. The maximum atomic E-state index is 12.9. The van der Waals surface area contributed by atoms with Crippen molar-refractivity contribution in [1.29, 1.82) is 0 Å². The van der Waals surface area contributed by atoms with Gasteiger partial charge in [0.1, 0.15) is 24.3 Å². The quantitative estimate of drug-likeness (QED) is 0.862. The molecule has 1 aromatic heterocycles. The van der Waals surface area contributed by atoms with Crippen molar-refractivity contribution in [2.24, 2.45) is 0 Å². The van der Waals surface area contributed by atoms with Crippen molar-refractivity contribution in [3.63, 3.8) is 0 Å². The topological polar surface area (TPSA) is 93.4 Å². The second-order valence-electron chi connectivity index (χ2n) is 6.36. The molecule has 0 radical (unpaired) electrons. The first-order valence-corrected chi connectivity index (χ1v) is 8.60. The summed E-state index contributed by atoms with van der Waals surface area (Å²) in [6.45, 7) is 2.93. The highest BCUT2D eigenvalue weighted by Gasteiger charge is 2.28. The number of benzene rings is 1. The zero-order valence-corrected chi connectivity index (χ0v) is 13.9. The number of amides is 1. The van der Waals surface area contributed by atoms with Crippen LogP contribution in [0.3, 0.4) is 0 Å². The number of hydrogen-bond donors (Lipinski definition) is 2. The van der Waals surface area contributed by atoms with E-state index in [4.69, 9.17) is 10.5 Å². The molecule has 2 aliphatic heterocycles. The van der Waals surface area contributed by atoms with E-state index in [9.17, 15) is 4.79 Å². The molecule has 0 unspecified atom stereocenters. The van der Waals surface area contributed by atoms with Crippen LogP contribution in [-0.4, -0.2) is 42.1 Å². The Morgan fingerprint density at radius 3 is 2.68 bits per heavy atom. The summed E-state index contributed by atoms with van der Waals surface area (Å²) in [7, 11) is 0. The summed E-state index contributed by atoms with van der Waals surface area (Å²) in [5, 5.41) is 3.38. The maximum Gasteiger partial charge on any atom is 0.267 e. The molecule has 7 heteroatoms. The minimum Gasteiger partial charge on any atom is -0.475 e. The van der Waals surface area contributed by atoms with Crippen molar-refractivity contribution in [3.05, 3.63) is 41.7 Å². The normalized spacial score (nSPS) is 18.4. The molecule has 25 heavy (non-hydrogen) atoms. The molecule has 1 fully saturated rings. The molecular formula is C18H21N5O2. The van der Waals surface area contributed by atoms with Crippen LogP contribution in [-0.2, 0) is 0 Å². The number of hydrogen-bond acceptors (Lipinski definition) is 6. The third-order valence-electron chi connectivity index (χ3n) is 4.87. The number of aromatic nitrogens is 2. The number of carbonyl (C=O) groups is 1. The molecule has 1 saturated heterocycles. The van der Waals surface area contributed by atoms with Crippen molar-refractivity contribution in [3.8, 4) is 5.88 Å². The minimum atomic E-state index is -0.222. The molecule has 0 bridgehead atoms. The summed E-state index contributed by atoms with van der Waals surface area (Å²) in [6.07, 6.45) is 3.61. The van der Waals surface area contributed by atoms with Crippen LogP contribution in [0.25, 0.3) is 0 Å². The van der Waals surface area contributed by atoms with E-state index in [0.29, 0.717) is 19.1 Å². The highest BCUT2D eigenvalue weighted by Crippen LogP contribution is 2.30. The molecule has 2 aromatic rings. The first kappa shape index (κ1) is 15.8. The van der Waals surface area contributed by atoms with Gasteiger partial charge in [0.2, 0.25) is 5.88 Å². The molecule has 3 heterocycles. The van der Waals surface area contributed by atoms with Gasteiger partial charge in [-0.15, -0.1) is 0 Å². The minimum absolute atomic E-state index is 0.147. The lowest BCUT2D eigenvalue weighted by molar-refractivity contribution is 0.0990. The number of piperidine rings is 1. The van der Waals surface area contributed by atoms with Crippen molar-refractivity contribution in [1.82, 2.24) is 15.3 Å². The van der Waals surface area contributed by atoms with Crippen LogP contribution in [0.4, 0.5) is 11.5 Å². The molecule has 130 valence electrons. The van der Waals surface area contributed by atoms with Gasteiger partial charge in [0.05, 0.1) is 6.54 Å². The van der Waals surface area contributed by atoms with Gasteiger partial charge in [-0.25, -0.2) is 9.97 Å². The second-order valence-corrected chi connectivity index (χ2v) is 6.36. The lowest BCUT2D eigenvalue weighted by Crippen LogP contribution is -2.32. The summed E-state index contributed by atoms with van der Waals surface area (Å²) in [6, 6.07) is 8.24. The number of ether oxygens (including phenoxy) is 1. The van der Waals surface area contributed by atoms with Crippen LogP contribution in [0.5, 0.6) is 5.88 Å². The van der Waals surface area contributed by atoms with Crippen LogP contribution >= 0.6 is 0 Å². The first-order chi connectivity index (χ1) is 12.2. The van der Waals surface area contributed by atoms with Gasteiger partial charge < -0.3 is 20.7 Å². The molecule has 0 atom stereocenters. The Hall–Kier alpha value is -2.67. The van der Waals surface area contributed by atoms with E-state index in [2.05, 4.69) is 27.4 Å². The molecule has 0 spiro atoms. The lowest BCUT2D eigenvalue weighted by Gasteiger charge is -2.24. The van der Waals surface area contributed by atoms with E-state index in [0.717, 1.165) is 31.6 Å². The number of anilines is 2. The highest BCUT2D eigenvalue weighted by atomic mass is 16.5. The van der Waals surface area contributed by atoms with E-state index in [1.54, 1.807) is 4.90 Å². The van der Waals surface area contributed by atoms with Gasteiger partial charge in [-0.05, 0) is 49.5 Å². The number of nitrogen functional groups attached to an aromatic ring is 1. The Labute approximate surface area is 146 Å². The average Bonchev–Trinajstić information content (AvgIpc) is 2.82. The molecule has 7 nitrogen and oxygen atoms in total. The Bertz CT molecular complexity index is 772. The van der Waals surface area contributed by atoms with Gasteiger partial charge in [-0.2, -0.15) is 0 Å². The van der Waals surface area contributed by atoms with Gasteiger partial charge in [-0.1, -0.05) is 12.1 Å². The number of rotatable bonds is 2. The summed E-state index contributed by atoms with van der Waals surface area (Å²) < 4.78 is 5.57. The van der Waals surface area contributed by atoms with Crippen LogP contribution < -0.4 is 20.7 Å². The van der Waals surface area contributed by atoms with Gasteiger partial charge in [-0.3, -0.25) is 4.79 Å². The number of carbonyl (C=O) groups excluding carboxylic acids is 1. The zero-order valence-electron chi connectivity index (χ0n) is 13.9. The van der Waals surface area contributed by atoms with E-state index in [-0.39, 0.29) is 23.2 Å². The molecule has 2 aliphatic rings. The van der Waals surface area contributed by atoms with Crippen LogP contribution in [0.1, 0.15) is 34.7 Å². The van der Waals surface area contributed by atoms with E-state index < -0.39 is 0 Å². The Morgan fingerprint density at radius 1 is 1.16 bits per heavy atom. The van der Waals surface area contributed by atoms with Gasteiger partial charge in [0.15, 0.2) is 0 Å². The summed E-state index contributed by atoms with van der Waals surface area (Å²) in [5.74, 6) is 0.767. The molecule has 1 aromatic carbocycles. The van der Waals surface area contributed by atoms with Crippen molar-refractivity contribution in [2.75, 3.05) is 36.9 Å². The lowest BCUT2D eigenvalue weighted by atomic mass is 9.90. The Balaban J connectivity index is 1.61. The van der Waals surface area contributed by atoms with Gasteiger partial charge >= 0.3 is 0 Å². The molecular weight excluding hydrogens is 318 g/mol. The predicted octanol–water partition coefficient (Wildman–Crippen LogP) is 1.56. The Morgan fingerprint density at radius 2 is 1.92 bits per heavy atom. The fraction of sp³-hybridized carbons (Fsp3) is 0.389. The predicted molar refractivity (Wildman–Crippen MR) is 94.9 cm³/mol. The van der Waals surface area contributed by atoms with Crippen molar-refractivity contribution in [2.45, 2.75) is 18.8 Å². The fourth-order valence-electron chi connectivity index (χ4n) is 3.49. The first-order valence-electron chi connectivity index (χ1n) is 8.60. The highest BCUT2D eigenvalue weighted by molar-refractivity contribution is 6.10. The number of nitrogens with one attached hydrogen (secondary N) is 1. The summed E-state index contributed by atoms with van der Waals surface area (Å²) >= 11 is 0. The second kappa shape index (κ2) is 6.68. The SMILES string of the molecule is Nc1ncnc2c1C(=O)N(c1ccc(C3CCNCC3)cc1)CCO2. The standard InChI is InChI=1S/C18H21N5O2/c19-16-15-17(22-11-21-16)25-10-9-23(18(15)24)14-3-1-12(2-4-14)13-5-7-20-8-6-13/h1-4,11,13,20H,5-10H2,(H2,19,21,22). The largest absolute Gasteiger partial charge is 0.475 e. The molecule has 3 N–H and O–H groups in total. The third kappa shape index (κ3) is 3.02. The number of nitrogens with two attached hydrogens (primary N) is 1. The fourth-order valence-corrected chi connectivity index (χ4v) is 3.49. The number of nitrogens with zero attached hydrogens (tertiary/aromatic N) is 3. The van der Waals surface area contributed by atoms with Crippen LogP contribution in [0, 0.1) is 0 Å². The molecule has 4 rings (SSSR count). The van der Waals surface area contributed by atoms with Gasteiger partial charge in [0, 0.05) is 5.69 Å². The van der Waals surface area contributed by atoms with Gasteiger partial charge in [0.25, 0.3) is 5.91 Å². The van der Waals surface area contributed by atoms with Crippen molar-refractivity contribution >= 4 is 17.4 Å². The van der Waals surface area contributed by atoms with Crippen LogP contribution in [0.15, 0.2) is 30.6 Å². The summed E-state index contributed by atoms with van der Waals surface area (Å²) in [5.41, 5.74) is 8.28. The third-order valence-corrected chi connectivity index (χ3v) is 4.87.